The molecule has 0 aliphatic carbocycles. The molecule has 0 saturated heterocycles. The van der Waals surface area contributed by atoms with Crippen LogP contribution in [0.4, 0.5) is 0 Å². The van der Waals surface area contributed by atoms with Crippen molar-refractivity contribution >= 4 is 10.9 Å². The molecule has 90 valence electrons. The van der Waals surface area contributed by atoms with E-state index in [2.05, 4.69) is 28.5 Å². The second kappa shape index (κ2) is 4.63. The summed E-state index contributed by atoms with van der Waals surface area (Å²) >= 11 is 0. The molecule has 3 aromatic rings. The zero-order valence-corrected chi connectivity index (χ0v) is 10.1. The van der Waals surface area contributed by atoms with E-state index in [9.17, 15) is 0 Å². The lowest BCUT2D eigenvalue weighted by molar-refractivity contribution is 0.464. The predicted molar refractivity (Wildman–Crippen MR) is 71.4 cm³/mol. The van der Waals surface area contributed by atoms with Gasteiger partial charge in [-0.2, -0.15) is 0 Å². The van der Waals surface area contributed by atoms with Gasteiger partial charge in [-0.3, -0.25) is 4.98 Å². The minimum atomic E-state index is 0.0265. The zero-order valence-electron chi connectivity index (χ0n) is 10.1. The molecular weight excluding hydrogens is 224 g/mol. The number of nitrogens with zero attached hydrogens (tertiary/aromatic N) is 1. The highest BCUT2D eigenvalue weighted by molar-refractivity contribution is 5.82. The highest BCUT2D eigenvalue weighted by atomic mass is 16.3. The van der Waals surface area contributed by atoms with Crippen molar-refractivity contribution < 1.29 is 4.42 Å². The van der Waals surface area contributed by atoms with Crippen LogP contribution in [-0.2, 0) is 0 Å². The Hall–Kier alpha value is -2.13. The fourth-order valence-corrected chi connectivity index (χ4v) is 2.27. The van der Waals surface area contributed by atoms with Gasteiger partial charge in [-0.25, -0.2) is 0 Å². The maximum atomic E-state index is 5.50. The standard InChI is InChI=1S/C15H14N2O/c1-16-15(13-8-4-10-18-13)12-7-2-5-11-6-3-9-17-14(11)12/h2-10,15-16H,1H3. The normalized spacial score (nSPS) is 12.7. The quantitative estimate of drug-likeness (QED) is 0.761. The topological polar surface area (TPSA) is 38.1 Å². The molecule has 3 nitrogen and oxygen atoms in total. The number of pyridine rings is 1. The minimum absolute atomic E-state index is 0.0265. The van der Waals surface area contributed by atoms with E-state index in [1.165, 1.54) is 0 Å². The summed E-state index contributed by atoms with van der Waals surface area (Å²) in [5.74, 6) is 0.899. The number of para-hydroxylation sites is 1. The number of hydrogen-bond donors (Lipinski definition) is 1. The number of rotatable bonds is 3. The third-order valence-corrected chi connectivity index (χ3v) is 3.09. The molecule has 1 N–H and O–H groups in total. The van der Waals surface area contributed by atoms with Gasteiger partial charge in [-0.1, -0.05) is 24.3 Å². The Morgan fingerprint density at radius 3 is 2.78 bits per heavy atom. The molecule has 0 saturated carbocycles. The number of furan rings is 1. The summed E-state index contributed by atoms with van der Waals surface area (Å²) in [4.78, 5) is 4.48. The van der Waals surface area contributed by atoms with Gasteiger partial charge in [0.2, 0.25) is 0 Å². The first-order valence-corrected chi connectivity index (χ1v) is 5.94. The predicted octanol–water partition coefficient (Wildman–Crippen LogP) is 3.14. The van der Waals surface area contributed by atoms with Gasteiger partial charge in [0.05, 0.1) is 17.8 Å². The van der Waals surface area contributed by atoms with Crippen molar-refractivity contribution in [3.05, 3.63) is 66.2 Å². The summed E-state index contributed by atoms with van der Waals surface area (Å²) in [6.45, 7) is 0. The molecule has 18 heavy (non-hydrogen) atoms. The van der Waals surface area contributed by atoms with Gasteiger partial charge in [-0.15, -0.1) is 0 Å². The lowest BCUT2D eigenvalue weighted by atomic mass is 10.0. The molecule has 0 aliphatic rings. The SMILES string of the molecule is CNC(c1ccco1)c1cccc2cccnc12. The summed E-state index contributed by atoms with van der Waals surface area (Å²) in [5.41, 5.74) is 2.14. The van der Waals surface area contributed by atoms with E-state index in [1.807, 2.05) is 37.5 Å². The molecule has 0 fully saturated rings. The third kappa shape index (κ3) is 1.79. The Morgan fingerprint density at radius 2 is 2.00 bits per heavy atom. The lowest BCUT2D eigenvalue weighted by Crippen LogP contribution is -2.17. The highest BCUT2D eigenvalue weighted by Crippen LogP contribution is 2.27. The zero-order chi connectivity index (χ0) is 12.4. The average Bonchev–Trinajstić information content (AvgIpc) is 2.94. The smallest absolute Gasteiger partial charge is 0.125 e. The summed E-state index contributed by atoms with van der Waals surface area (Å²) in [6, 6.07) is 14.1. The number of nitrogens with one attached hydrogen (secondary N) is 1. The van der Waals surface area contributed by atoms with E-state index < -0.39 is 0 Å². The van der Waals surface area contributed by atoms with E-state index >= 15 is 0 Å². The van der Waals surface area contributed by atoms with Gasteiger partial charge < -0.3 is 9.73 Å². The first-order valence-electron chi connectivity index (χ1n) is 5.94. The number of benzene rings is 1. The molecule has 2 heterocycles. The van der Waals surface area contributed by atoms with E-state index in [0.717, 1.165) is 22.2 Å². The number of fused-ring (bicyclic) bond motifs is 1. The second-order valence-electron chi connectivity index (χ2n) is 4.16. The molecule has 1 atom stereocenters. The fraction of sp³-hybridized carbons (Fsp3) is 0.133. The van der Waals surface area contributed by atoms with Crippen molar-refractivity contribution in [1.82, 2.24) is 10.3 Å². The summed E-state index contributed by atoms with van der Waals surface area (Å²) in [6.07, 6.45) is 3.51. The molecule has 0 aliphatic heterocycles. The van der Waals surface area contributed by atoms with Crippen molar-refractivity contribution in [3.8, 4) is 0 Å². The van der Waals surface area contributed by atoms with Gasteiger partial charge in [0, 0.05) is 17.1 Å². The fourth-order valence-electron chi connectivity index (χ4n) is 2.27. The first kappa shape index (κ1) is 11.0. The molecule has 1 aromatic carbocycles. The van der Waals surface area contributed by atoms with Crippen LogP contribution in [0, 0.1) is 0 Å². The van der Waals surface area contributed by atoms with Crippen molar-refractivity contribution in [1.29, 1.82) is 0 Å². The van der Waals surface area contributed by atoms with Gasteiger partial charge in [-0.05, 0) is 25.2 Å². The number of aromatic nitrogens is 1. The van der Waals surface area contributed by atoms with Crippen LogP contribution >= 0.6 is 0 Å². The van der Waals surface area contributed by atoms with Crippen LogP contribution in [-0.4, -0.2) is 12.0 Å². The molecule has 0 bridgehead atoms. The van der Waals surface area contributed by atoms with Crippen LogP contribution in [0.2, 0.25) is 0 Å². The molecule has 2 aromatic heterocycles. The summed E-state index contributed by atoms with van der Waals surface area (Å²) < 4.78 is 5.50. The van der Waals surface area contributed by atoms with Crippen molar-refractivity contribution in [2.75, 3.05) is 7.05 Å². The molecular formula is C15H14N2O. The van der Waals surface area contributed by atoms with Crippen LogP contribution in [0.25, 0.3) is 10.9 Å². The van der Waals surface area contributed by atoms with E-state index in [1.54, 1.807) is 6.26 Å². The Kier molecular flexibility index (Phi) is 2.82. The molecule has 0 amide bonds. The van der Waals surface area contributed by atoms with Crippen molar-refractivity contribution in [2.24, 2.45) is 0 Å². The van der Waals surface area contributed by atoms with E-state index in [4.69, 9.17) is 4.42 Å². The molecule has 0 spiro atoms. The van der Waals surface area contributed by atoms with E-state index in [-0.39, 0.29) is 6.04 Å². The third-order valence-electron chi connectivity index (χ3n) is 3.09. The Balaban J connectivity index is 2.18. The Labute approximate surface area is 105 Å². The highest BCUT2D eigenvalue weighted by Gasteiger charge is 2.17. The van der Waals surface area contributed by atoms with Gasteiger partial charge in [0.25, 0.3) is 0 Å². The van der Waals surface area contributed by atoms with Gasteiger partial charge in [0.15, 0.2) is 0 Å². The minimum Gasteiger partial charge on any atom is -0.467 e. The van der Waals surface area contributed by atoms with Gasteiger partial charge >= 0.3 is 0 Å². The number of hydrogen-bond acceptors (Lipinski definition) is 3. The second-order valence-corrected chi connectivity index (χ2v) is 4.16. The molecule has 0 radical (unpaired) electrons. The van der Waals surface area contributed by atoms with Crippen molar-refractivity contribution in [2.45, 2.75) is 6.04 Å². The maximum Gasteiger partial charge on any atom is 0.125 e. The molecule has 3 rings (SSSR count). The van der Waals surface area contributed by atoms with E-state index in [0.29, 0.717) is 0 Å². The lowest BCUT2D eigenvalue weighted by Gasteiger charge is -2.15. The molecule has 3 heteroatoms. The summed E-state index contributed by atoms with van der Waals surface area (Å²) in [7, 11) is 1.93. The average molecular weight is 238 g/mol. The Bertz CT molecular complexity index is 641. The van der Waals surface area contributed by atoms with Crippen LogP contribution in [0.5, 0.6) is 0 Å². The van der Waals surface area contributed by atoms with Crippen LogP contribution in [0.15, 0.2) is 59.3 Å². The van der Waals surface area contributed by atoms with Crippen molar-refractivity contribution in [3.63, 3.8) is 0 Å². The molecule has 1 unspecified atom stereocenters. The Morgan fingerprint density at radius 1 is 1.11 bits per heavy atom. The van der Waals surface area contributed by atoms with Crippen LogP contribution in [0.3, 0.4) is 0 Å². The largest absolute Gasteiger partial charge is 0.467 e. The maximum absolute atomic E-state index is 5.50. The van der Waals surface area contributed by atoms with Crippen LogP contribution in [0.1, 0.15) is 17.4 Å². The first-order chi connectivity index (χ1) is 8.90. The van der Waals surface area contributed by atoms with Gasteiger partial charge in [0.1, 0.15) is 5.76 Å². The summed E-state index contributed by atoms with van der Waals surface area (Å²) in [5, 5.41) is 4.42. The van der Waals surface area contributed by atoms with Crippen LogP contribution < -0.4 is 5.32 Å². The monoisotopic (exact) mass is 238 g/mol.